The minimum absolute atomic E-state index is 0.101. The second kappa shape index (κ2) is 4.62. The number of hydrogen-bond acceptors (Lipinski definition) is 3. The molecule has 1 saturated heterocycles. The highest BCUT2D eigenvalue weighted by Gasteiger charge is 2.26. The van der Waals surface area contributed by atoms with Crippen molar-refractivity contribution in [3.63, 3.8) is 0 Å². The minimum atomic E-state index is -1.06. The number of imide groups is 1. The molecule has 1 aliphatic rings. The number of hydrogen-bond donors (Lipinski definition) is 2. The van der Waals surface area contributed by atoms with E-state index in [1.807, 2.05) is 6.07 Å². The Morgan fingerprint density at radius 2 is 2.10 bits per heavy atom. The van der Waals surface area contributed by atoms with Crippen LogP contribution in [0.25, 0.3) is 10.9 Å². The van der Waals surface area contributed by atoms with Gasteiger partial charge in [-0.15, -0.1) is 0 Å². The number of fused-ring (bicyclic) bond motifs is 1. The van der Waals surface area contributed by atoms with Gasteiger partial charge in [0.25, 0.3) is 0 Å². The average Bonchev–Trinajstić information content (AvgIpc) is 2.80. The number of urea groups is 1. The van der Waals surface area contributed by atoms with Crippen LogP contribution in [0.1, 0.15) is 16.8 Å². The number of rotatable bonds is 2. The number of aromatic carboxylic acids is 1. The highest BCUT2D eigenvalue weighted by molar-refractivity contribution is 6.11. The van der Waals surface area contributed by atoms with Gasteiger partial charge >= 0.3 is 12.0 Å². The molecule has 0 spiro atoms. The van der Waals surface area contributed by atoms with E-state index in [9.17, 15) is 19.5 Å². The van der Waals surface area contributed by atoms with E-state index in [1.54, 1.807) is 23.9 Å². The fourth-order valence-corrected chi connectivity index (χ4v) is 2.49. The molecule has 2 N–H and O–H groups in total. The van der Waals surface area contributed by atoms with Gasteiger partial charge in [-0.3, -0.25) is 15.0 Å². The number of nitrogens with one attached hydrogen (secondary N) is 1. The number of amides is 3. The number of carboxylic acids is 1. The van der Waals surface area contributed by atoms with Crippen LogP contribution in [-0.2, 0) is 11.8 Å². The zero-order valence-electron chi connectivity index (χ0n) is 11.3. The fraction of sp³-hybridized carbons (Fsp3) is 0.214. The molecule has 1 aromatic carbocycles. The van der Waals surface area contributed by atoms with Gasteiger partial charge in [-0.05, 0) is 18.2 Å². The summed E-state index contributed by atoms with van der Waals surface area (Å²) in [7, 11) is 1.80. The lowest BCUT2D eigenvalue weighted by Crippen LogP contribution is -2.49. The first-order chi connectivity index (χ1) is 9.97. The van der Waals surface area contributed by atoms with Crippen LogP contribution in [0.3, 0.4) is 0 Å². The molecule has 0 saturated carbocycles. The lowest BCUT2D eigenvalue weighted by molar-refractivity contribution is -0.120. The average molecular weight is 287 g/mol. The molecule has 1 fully saturated rings. The Morgan fingerprint density at radius 3 is 2.76 bits per heavy atom. The molecule has 3 rings (SSSR count). The van der Waals surface area contributed by atoms with Crippen LogP contribution in [0.2, 0.25) is 0 Å². The van der Waals surface area contributed by atoms with Crippen molar-refractivity contribution in [1.29, 1.82) is 0 Å². The Morgan fingerprint density at radius 1 is 1.33 bits per heavy atom. The maximum atomic E-state index is 12.0. The topological polar surface area (TPSA) is 91.6 Å². The fourth-order valence-electron chi connectivity index (χ4n) is 2.49. The summed E-state index contributed by atoms with van der Waals surface area (Å²) in [4.78, 5) is 35.9. The highest BCUT2D eigenvalue weighted by Crippen LogP contribution is 2.30. The van der Waals surface area contributed by atoms with E-state index in [0.717, 1.165) is 10.9 Å². The van der Waals surface area contributed by atoms with Crippen molar-refractivity contribution in [3.05, 3.63) is 30.0 Å². The Kier molecular flexibility index (Phi) is 2.90. The molecule has 0 radical (unpaired) electrons. The summed E-state index contributed by atoms with van der Waals surface area (Å²) >= 11 is 0. The van der Waals surface area contributed by atoms with Crippen molar-refractivity contribution >= 4 is 34.5 Å². The first-order valence-electron chi connectivity index (χ1n) is 6.41. The summed E-state index contributed by atoms with van der Waals surface area (Å²) in [6.45, 7) is 0.234. The summed E-state index contributed by atoms with van der Waals surface area (Å²) in [6.07, 6.45) is 1.99. The third kappa shape index (κ3) is 2.12. The maximum absolute atomic E-state index is 12.0. The van der Waals surface area contributed by atoms with E-state index in [4.69, 9.17) is 0 Å². The Labute approximate surface area is 119 Å². The lowest BCUT2D eigenvalue weighted by atomic mass is 10.1. The molecule has 1 aliphatic heterocycles. The van der Waals surface area contributed by atoms with E-state index in [0.29, 0.717) is 5.69 Å². The van der Waals surface area contributed by atoms with Crippen molar-refractivity contribution in [2.75, 3.05) is 11.4 Å². The molecule has 0 aliphatic carbocycles. The predicted molar refractivity (Wildman–Crippen MR) is 75.4 cm³/mol. The SMILES string of the molecule is Cn1ccc2c(N3CCC(=O)NC3=O)cc(C(=O)O)cc21. The molecule has 108 valence electrons. The van der Waals surface area contributed by atoms with E-state index >= 15 is 0 Å². The van der Waals surface area contributed by atoms with Crippen LogP contribution in [-0.4, -0.2) is 34.1 Å². The second-order valence-electron chi connectivity index (χ2n) is 4.91. The van der Waals surface area contributed by atoms with E-state index < -0.39 is 12.0 Å². The second-order valence-corrected chi connectivity index (χ2v) is 4.91. The van der Waals surface area contributed by atoms with Gasteiger partial charge in [-0.2, -0.15) is 0 Å². The number of carbonyl (C=O) groups is 3. The molecule has 7 heteroatoms. The summed E-state index contributed by atoms with van der Waals surface area (Å²) in [5, 5.41) is 12.2. The van der Waals surface area contributed by atoms with Crippen molar-refractivity contribution < 1.29 is 19.5 Å². The number of aryl methyl sites for hydroxylation is 1. The molecule has 3 amide bonds. The van der Waals surface area contributed by atoms with Gasteiger partial charge in [-0.25, -0.2) is 9.59 Å². The van der Waals surface area contributed by atoms with Crippen molar-refractivity contribution in [3.8, 4) is 0 Å². The van der Waals surface area contributed by atoms with Crippen LogP contribution in [0.15, 0.2) is 24.4 Å². The Balaban J connectivity index is 2.18. The number of anilines is 1. The third-order valence-corrected chi connectivity index (χ3v) is 3.57. The number of carboxylic acid groups (broad SMARTS) is 1. The highest BCUT2D eigenvalue weighted by atomic mass is 16.4. The number of nitrogens with zero attached hydrogens (tertiary/aromatic N) is 2. The first kappa shape index (κ1) is 13.2. The molecule has 2 heterocycles. The monoisotopic (exact) mass is 287 g/mol. The van der Waals surface area contributed by atoms with Crippen molar-refractivity contribution in [1.82, 2.24) is 9.88 Å². The maximum Gasteiger partial charge on any atom is 0.335 e. The summed E-state index contributed by atoms with van der Waals surface area (Å²) in [6, 6.07) is 4.31. The number of aromatic nitrogens is 1. The van der Waals surface area contributed by atoms with Gasteiger partial charge in [0.15, 0.2) is 0 Å². The smallest absolute Gasteiger partial charge is 0.335 e. The van der Waals surface area contributed by atoms with Gasteiger partial charge in [0.1, 0.15) is 0 Å². The van der Waals surface area contributed by atoms with Crippen molar-refractivity contribution in [2.24, 2.45) is 7.05 Å². The van der Waals surface area contributed by atoms with Crippen LogP contribution >= 0.6 is 0 Å². The zero-order valence-corrected chi connectivity index (χ0v) is 11.3. The lowest BCUT2D eigenvalue weighted by Gasteiger charge is -2.27. The molecule has 21 heavy (non-hydrogen) atoms. The van der Waals surface area contributed by atoms with Crippen molar-refractivity contribution in [2.45, 2.75) is 6.42 Å². The van der Waals surface area contributed by atoms with E-state index in [2.05, 4.69) is 5.32 Å². The van der Waals surface area contributed by atoms with E-state index in [1.165, 1.54) is 11.0 Å². The largest absolute Gasteiger partial charge is 0.478 e. The van der Waals surface area contributed by atoms with Crippen LogP contribution in [0.4, 0.5) is 10.5 Å². The molecular weight excluding hydrogens is 274 g/mol. The van der Waals surface area contributed by atoms with E-state index in [-0.39, 0.29) is 24.4 Å². The Hall–Kier alpha value is -2.83. The molecular formula is C14H13N3O4. The standard InChI is InChI=1S/C14H13N3O4/c1-16-4-2-9-10(16)6-8(13(19)20)7-11(9)17-5-3-12(18)15-14(17)21/h2,4,6-7H,3,5H2,1H3,(H,19,20)(H,15,18,21). The van der Waals surface area contributed by atoms with Gasteiger partial charge in [-0.1, -0.05) is 0 Å². The van der Waals surface area contributed by atoms with Gasteiger partial charge in [0.2, 0.25) is 5.91 Å². The normalized spacial score (nSPS) is 15.4. The van der Waals surface area contributed by atoms with Gasteiger partial charge in [0.05, 0.1) is 16.8 Å². The molecule has 0 atom stereocenters. The first-order valence-corrected chi connectivity index (χ1v) is 6.41. The summed E-state index contributed by atoms with van der Waals surface area (Å²) < 4.78 is 1.79. The molecule has 2 aromatic rings. The quantitative estimate of drug-likeness (QED) is 0.871. The molecule has 1 aromatic heterocycles. The number of carbonyl (C=O) groups excluding carboxylic acids is 2. The van der Waals surface area contributed by atoms with Gasteiger partial charge in [0, 0.05) is 31.6 Å². The predicted octanol–water partition coefficient (Wildman–Crippen LogP) is 1.32. The van der Waals surface area contributed by atoms with Crippen LogP contribution in [0.5, 0.6) is 0 Å². The van der Waals surface area contributed by atoms with Crippen LogP contribution in [0, 0.1) is 0 Å². The molecule has 0 unspecified atom stereocenters. The summed E-state index contributed by atoms with van der Waals surface area (Å²) in [5.41, 5.74) is 1.31. The number of benzene rings is 1. The van der Waals surface area contributed by atoms with Crippen LogP contribution < -0.4 is 10.2 Å². The summed E-state index contributed by atoms with van der Waals surface area (Å²) in [5.74, 6) is -1.39. The minimum Gasteiger partial charge on any atom is -0.478 e. The van der Waals surface area contributed by atoms with Gasteiger partial charge < -0.3 is 9.67 Å². The molecule has 0 bridgehead atoms. The Bertz CT molecular complexity index is 778. The molecule has 7 nitrogen and oxygen atoms in total. The third-order valence-electron chi connectivity index (χ3n) is 3.57. The zero-order chi connectivity index (χ0) is 15.1.